The van der Waals surface area contributed by atoms with Crippen LogP contribution in [-0.4, -0.2) is 19.7 Å². The maximum absolute atomic E-state index is 11.6. The lowest BCUT2D eigenvalue weighted by Gasteiger charge is -2.10. The first-order chi connectivity index (χ1) is 8.52. The van der Waals surface area contributed by atoms with Crippen LogP contribution in [0, 0.1) is 6.92 Å². The van der Waals surface area contributed by atoms with Gasteiger partial charge < -0.3 is 9.47 Å². The molecule has 0 saturated carbocycles. The molecule has 0 amide bonds. The predicted octanol–water partition coefficient (Wildman–Crippen LogP) is 3.45. The topological polar surface area (TPSA) is 35.5 Å². The number of esters is 1. The van der Waals surface area contributed by atoms with Crippen molar-refractivity contribution in [2.75, 3.05) is 13.7 Å². The molecular weight excluding hydrogens is 228 g/mol. The van der Waals surface area contributed by atoms with Crippen LogP contribution in [0.3, 0.4) is 0 Å². The summed E-state index contributed by atoms with van der Waals surface area (Å²) in [7, 11) is 1.63. The summed E-state index contributed by atoms with van der Waals surface area (Å²) in [6, 6.07) is 5.94. The lowest BCUT2D eigenvalue weighted by molar-refractivity contribution is -0.134. The molecule has 0 aliphatic carbocycles. The minimum Gasteiger partial charge on any atom is -0.427 e. The molecule has 0 aliphatic rings. The molecule has 100 valence electrons. The van der Waals surface area contributed by atoms with Gasteiger partial charge in [-0.3, -0.25) is 4.79 Å². The monoisotopic (exact) mass is 250 g/mol. The first-order valence-corrected chi connectivity index (χ1v) is 6.34. The summed E-state index contributed by atoms with van der Waals surface area (Å²) >= 11 is 0. The summed E-state index contributed by atoms with van der Waals surface area (Å²) in [6.07, 6.45) is 1.08. The van der Waals surface area contributed by atoms with E-state index < -0.39 is 0 Å². The number of ether oxygens (including phenoxy) is 2. The van der Waals surface area contributed by atoms with Gasteiger partial charge in [0, 0.05) is 20.1 Å². The van der Waals surface area contributed by atoms with Crippen LogP contribution in [0.1, 0.15) is 43.7 Å². The third kappa shape index (κ3) is 4.88. The summed E-state index contributed by atoms with van der Waals surface area (Å²) < 4.78 is 10.2. The smallest absolute Gasteiger partial charge is 0.311 e. The van der Waals surface area contributed by atoms with Crippen LogP contribution >= 0.6 is 0 Å². The third-order valence-corrected chi connectivity index (χ3v) is 2.70. The van der Waals surface area contributed by atoms with Crippen molar-refractivity contribution in [1.82, 2.24) is 0 Å². The molecule has 1 aromatic rings. The minimum atomic E-state index is -0.202. The molecule has 0 radical (unpaired) electrons. The molecule has 0 aromatic heterocycles. The maximum Gasteiger partial charge on any atom is 0.311 e. The van der Waals surface area contributed by atoms with Crippen molar-refractivity contribution in [3.05, 3.63) is 29.3 Å². The van der Waals surface area contributed by atoms with Crippen LogP contribution in [-0.2, 0) is 9.53 Å². The molecule has 0 aliphatic heterocycles. The molecule has 0 spiro atoms. The summed E-state index contributed by atoms with van der Waals surface area (Å²) in [5.41, 5.74) is 2.30. The number of hydrogen-bond donors (Lipinski definition) is 0. The number of carbonyl (C=O) groups excluding carboxylic acids is 1. The number of aryl methyl sites for hydroxylation is 1. The van der Waals surface area contributed by atoms with Crippen molar-refractivity contribution >= 4 is 5.97 Å². The van der Waals surface area contributed by atoms with E-state index in [1.807, 2.05) is 19.1 Å². The average Bonchev–Trinajstić information content (AvgIpc) is 2.28. The summed E-state index contributed by atoms with van der Waals surface area (Å²) in [4.78, 5) is 11.6. The minimum absolute atomic E-state index is 0.202. The number of carbonyl (C=O) groups is 1. The van der Waals surface area contributed by atoms with Crippen LogP contribution in [0.15, 0.2) is 18.2 Å². The van der Waals surface area contributed by atoms with Crippen LogP contribution in [0.2, 0.25) is 0 Å². The fourth-order valence-corrected chi connectivity index (χ4v) is 1.71. The van der Waals surface area contributed by atoms with Crippen LogP contribution in [0.5, 0.6) is 5.75 Å². The van der Waals surface area contributed by atoms with Crippen molar-refractivity contribution in [1.29, 1.82) is 0 Å². The zero-order valence-corrected chi connectivity index (χ0v) is 11.7. The van der Waals surface area contributed by atoms with E-state index in [1.165, 1.54) is 5.56 Å². The highest BCUT2D eigenvalue weighted by Crippen LogP contribution is 2.23. The normalized spacial score (nSPS) is 10.7. The summed E-state index contributed by atoms with van der Waals surface area (Å²) in [5.74, 6) is 0.865. The molecule has 1 rings (SSSR count). The van der Waals surface area contributed by atoms with Crippen LogP contribution < -0.4 is 4.74 Å². The van der Waals surface area contributed by atoms with Crippen molar-refractivity contribution in [3.8, 4) is 5.75 Å². The van der Waals surface area contributed by atoms with Crippen LogP contribution in [0.25, 0.3) is 0 Å². The molecule has 0 saturated heterocycles. The third-order valence-electron chi connectivity index (χ3n) is 2.70. The highest BCUT2D eigenvalue weighted by molar-refractivity contribution is 5.72. The molecule has 0 N–H and O–H groups in total. The van der Waals surface area contributed by atoms with Gasteiger partial charge in [-0.1, -0.05) is 19.9 Å². The lowest BCUT2D eigenvalue weighted by atomic mass is 10.0. The lowest BCUT2D eigenvalue weighted by Crippen LogP contribution is -2.09. The Hall–Kier alpha value is -1.35. The Balaban J connectivity index is 2.63. The Morgan fingerprint density at radius 3 is 2.61 bits per heavy atom. The molecule has 18 heavy (non-hydrogen) atoms. The van der Waals surface area contributed by atoms with E-state index in [9.17, 15) is 4.79 Å². The number of hydrogen-bond acceptors (Lipinski definition) is 3. The quantitative estimate of drug-likeness (QED) is 0.440. The van der Waals surface area contributed by atoms with Gasteiger partial charge in [-0.05, 0) is 42.5 Å². The van der Waals surface area contributed by atoms with Crippen LogP contribution in [0.4, 0.5) is 0 Å². The molecule has 0 bridgehead atoms. The van der Waals surface area contributed by atoms with E-state index >= 15 is 0 Å². The van der Waals surface area contributed by atoms with Gasteiger partial charge in [0.15, 0.2) is 0 Å². The van der Waals surface area contributed by atoms with Gasteiger partial charge in [0.2, 0.25) is 0 Å². The Bertz CT molecular complexity index is 397. The fraction of sp³-hybridized carbons (Fsp3) is 0.533. The molecule has 0 atom stereocenters. The molecular formula is C15H22O3. The zero-order valence-electron chi connectivity index (χ0n) is 11.7. The van der Waals surface area contributed by atoms with Gasteiger partial charge in [0.05, 0.1) is 0 Å². The summed E-state index contributed by atoms with van der Waals surface area (Å²) in [5, 5.41) is 0. The summed E-state index contributed by atoms with van der Waals surface area (Å²) in [6.45, 7) is 6.84. The standard InChI is InChI=1S/C15H22O3/c1-11(2)13-8-12(3)9-14(10-13)18-15(16)6-5-7-17-4/h8-11H,5-7H2,1-4H3. The first kappa shape index (κ1) is 14.7. The van der Waals surface area contributed by atoms with Gasteiger partial charge in [0.25, 0.3) is 0 Å². The highest BCUT2D eigenvalue weighted by Gasteiger charge is 2.08. The van der Waals surface area contributed by atoms with Gasteiger partial charge >= 0.3 is 5.97 Å². The highest BCUT2D eigenvalue weighted by atomic mass is 16.5. The molecule has 3 nitrogen and oxygen atoms in total. The van der Waals surface area contributed by atoms with Gasteiger partial charge in [-0.25, -0.2) is 0 Å². The van der Waals surface area contributed by atoms with Gasteiger partial charge in [0.1, 0.15) is 5.75 Å². The Kier molecular flexibility index (Phi) is 5.86. The maximum atomic E-state index is 11.6. The van der Waals surface area contributed by atoms with E-state index in [1.54, 1.807) is 7.11 Å². The van der Waals surface area contributed by atoms with E-state index in [0.717, 1.165) is 5.56 Å². The molecule has 3 heteroatoms. The second-order valence-corrected chi connectivity index (χ2v) is 4.80. The van der Waals surface area contributed by atoms with E-state index in [-0.39, 0.29) is 5.97 Å². The van der Waals surface area contributed by atoms with Gasteiger partial charge in [-0.15, -0.1) is 0 Å². The molecule has 0 unspecified atom stereocenters. The van der Waals surface area contributed by atoms with E-state index in [2.05, 4.69) is 19.9 Å². The predicted molar refractivity (Wildman–Crippen MR) is 72.0 cm³/mol. The average molecular weight is 250 g/mol. The molecule has 0 heterocycles. The first-order valence-electron chi connectivity index (χ1n) is 6.34. The Morgan fingerprint density at radius 1 is 1.28 bits per heavy atom. The van der Waals surface area contributed by atoms with Crippen molar-refractivity contribution < 1.29 is 14.3 Å². The van der Waals surface area contributed by atoms with E-state index in [0.29, 0.717) is 31.1 Å². The number of benzene rings is 1. The second-order valence-electron chi connectivity index (χ2n) is 4.80. The molecule has 1 aromatic carbocycles. The fourth-order valence-electron chi connectivity index (χ4n) is 1.71. The number of methoxy groups -OCH3 is 1. The van der Waals surface area contributed by atoms with Gasteiger partial charge in [-0.2, -0.15) is 0 Å². The second kappa shape index (κ2) is 7.17. The Labute approximate surface area is 109 Å². The van der Waals surface area contributed by atoms with Crippen molar-refractivity contribution in [3.63, 3.8) is 0 Å². The zero-order chi connectivity index (χ0) is 13.5. The SMILES string of the molecule is COCCCC(=O)Oc1cc(C)cc(C(C)C)c1. The van der Waals surface area contributed by atoms with Crippen molar-refractivity contribution in [2.24, 2.45) is 0 Å². The Morgan fingerprint density at radius 2 is 2.00 bits per heavy atom. The largest absolute Gasteiger partial charge is 0.427 e. The molecule has 0 fully saturated rings. The van der Waals surface area contributed by atoms with E-state index in [4.69, 9.17) is 9.47 Å². The number of rotatable bonds is 6. The van der Waals surface area contributed by atoms with Crippen molar-refractivity contribution in [2.45, 2.75) is 39.5 Å².